The molecule has 3 aromatic rings. The van der Waals surface area contributed by atoms with Crippen molar-refractivity contribution in [2.75, 3.05) is 0 Å². The Hall–Kier alpha value is -2.14. The van der Waals surface area contributed by atoms with Crippen LogP contribution in [0.2, 0.25) is 0 Å². The second kappa shape index (κ2) is 4.85. The van der Waals surface area contributed by atoms with Gasteiger partial charge < -0.3 is 0 Å². The predicted molar refractivity (Wildman–Crippen MR) is 75.9 cm³/mol. The number of halogens is 1. The maximum absolute atomic E-state index is 10.9. The SMILES string of the molecule is O=Cc1nc(-c2ccccn2)c2cc(Br)ccc2n1. The third-order valence-corrected chi connectivity index (χ3v) is 3.18. The minimum absolute atomic E-state index is 0.162. The number of aromatic nitrogens is 3. The van der Waals surface area contributed by atoms with Gasteiger partial charge in [0.2, 0.25) is 0 Å². The molecule has 0 saturated carbocycles. The highest BCUT2D eigenvalue weighted by Crippen LogP contribution is 2.26. The van der Waals surface area contributed by atoms with Crippen LogP contribution >= 0.6 is 15.9 Å². The first-order chi connectivity index (χ1) is 9.28. The molecule has 2 aromatic heterocycles. The Morgan fingerprint density at radius 1 is 1.11 bits per heavy atom. The first kappa shape index (κ1) is 11.9. The van der Waals surface area contributed by atoms with E-state index in [1.165, 1.54) is 0 Å². The number of benzene rings is 1. The second-order valence-corrected chi connectivity index (χ2v) is 4.84. The topological polar surface area (TPSA) is 55.7 Å². The molecule has 0 saturated heterocycles. The first-order valence-electron chi connectivity index (χ1n) is 5.62. The number of pyridine rings is 1. The molecule has 4 nitrogen and oxygen atoms in total. The minimum Gasteiger partial charge on any atom is -0.294 e. The average Bonchev–Trinajstić information content (AvgIpc) is 2.47. The molecule has 0 amide bonds. The van der Waals surface area contributed by atoms with Crippen LogP contribution in [0.3, 0.4) is 0 Å². The molecular formula is C14H8BrN3O. The Kier molecular flexibility index (Phi) is 3.05. The number of rotatable bonds is 2. The summed E-state index contributed by atoms with van der Waals surface area (Å²) in [6.45, 7) is 0. The number of carbonyl (C=O) groups is 1. The van der Waals surface area contributed by atoms with Crippen molar-refractivity contribution in [1.82, 2.24) is 15.0 Å². The number of aldehydes is 1. The Morgan fingerprint density at radius 3 is 2.74 bits per heavy atom. The van der Waals surface area contributed by atoms with E-state index in [1.807, 2.05) is 36.4 Å². The zero-order valence-electron chi connectivity index (χ0n) is 9.75. The molecular weight excluding hydrogens is 306 g/mol. The fourth-order valence-electron chi connectivity index (χ4n) is 1.87. The maximum Gasteiger partial charge on any atom is 0.193 e. The summed E-state index contributed by atoms with van der Waals surface area (Å²) < 4.78 is 0.930. The van der Waals surface area contributed by atoms with Gasteiger partial charge in [-0.25, -0.2) is 9.97 Å². The number of hydrogen-bond donors (Lipinski definition) is 0. The molecule has 0 spiro atoms. The predicted octanol–water partition coefficient (Wildman–Crippen LogP) is 3.27. The van der Waals surface area contributed by atoms with Crippen LogP contribution in [-0.2, 0) is 0 Å². The second-order valence-electron chi connectivity index (χ2n) is 3.92. The summed E-state index contributed by atoms with van der Waals surface area (Å²) in [5.41, 5.74) is 2.10. The van der Waals surface area contributed by atoms with Crippen LogP contribution in [0.4, 0.5) is 0 Å². The lowest BCUT2D eigenvalue weighted by atomic mass is 10.1. The number of carbonyl (C=O) groups excluding carboxylic acids is 1. The fourth-order valence-corrected chi connectivity index (χ4v) is 2.23. The van der Waals surface area contributed by atoms with Crippen molar-refractivity contribution in [3.8, 4) is 11.4 Å². The van der Waals surface area contributed by atoms with Gasteiger partial charge >= 0.3 is 0 Å². The first-order valence-corrected chi connectivity index (χ1v) is 6.41. The van der Waals surface area contributed by atoms with Crippen LogP contribution < -0.4 is 0 Å². The Labute approximate surface area is 117 Å². The highest BCUT2D eigenvalue weighted by Gasteiger charge is 2.10. The molecule has 0 radical (unpaired) electrons. The van der Waals surface area contributed by atoms with E-state index in [2.05, 4.69) is 30.9 Å². The van der Waals surface area contributed by atoms with Crippen molar-refractivity contribution < 1.29 is 4.79 Å². The van der Waals surface area contributed by atoms with E-state index in [1.54, 1.807) is 6.20 Å². The molecule has 92 valence electrons. The highest BCUT2D eigenvalue weighted by molar-refractivity contribution is 9.10. The number of nitrogens with zero attached hydrogens (tertiary/aromatic N) is 3. The molecule has 0 aliphatic heterocycles. The normalized spacial score (nSPS) is 10.6. The highest BCUT2D eigenvalue weighted by atomic mass is 79.9. The van der Waals surface area contributed by atoms with E-state index >= 15 is 0 Å². The van der Waals surface area contributed by atoms with Gasteiger partial charge in [-0.2, -0.15) is 0 Å². The van der Waals surface area contributed by atoms with Gasteiger partial charge in [0.15, 0.2) is 12.1 Å². The van der Waals surface area contributed by atoms with E-state index in [-0.39, 0.29) is 5.82 Å². The zero-order valence-corrected chi connectivity index (χ0v) is 11.3. The standard InChI is InChI=1S/C14H8BrN3O/c15-9-4-5-11-10(7-9)14(18-13(8-19)17-11)12-3-1-2-6-16-12/h1-8H. The lowest BCUT2D eigenvalue weighted by molar-refractivity contribution is 0.111. The number of fused-ring (bicyclic) bond motifs is 1. The van der Waals surface area contributed by atoms with E-state index in [0.29, 0.717) is 12.0 Å². The molecule has 0 unspecified atom stereocenters. The van der Waals surface area contributed by atoms with Crippen molar-refractivity contribution in [2.45, 2.75) is 0 Å². The van der Waals surface area contributed by atoms with Gasteiger partial charge in [-0.05, 0) is 30.3 Å². The Bertz CT molecular complexity index is 759. The van der Waals surface area contributed by atoms with Crippen LogP contribution in [0.25, 0.3) is 22.3 Å². The van der Waals surface area contributed by atoms with Crippen LogP contribution in [-0.4, -0.2) is 21.2 Å². The minimum atomic E-state index is 0.162. The fraction of sp³-hybridized carbons (Fsp3) is 0. The largest absolute Gasteiger partial charge is 0.294 e. The molecule has 3 rings (SSSR count). The van der Waals surface area contributed by atoms with Crippen molar-refractivity contribution in [2.24, 2.45) is 0 Å². The summed E-state index contributed by atoms with van der Waals surface area (Å²) in [5, 5.41) is 0.860. The average molecular weight is 314 g/mol. The molecule has 0 atom stereocenters. The smallest absolute Gasteiger partial charge is 0.193 e. The van der Waals surface area contributed by atoms with Gasteiger partial charge in [0.1, 0.15) is 5.69 Å². The van der Waals surface area contributed by atoms with Gasteiger partial charge in [-0.3, -0.25) is 9.78 Å². The van der Waals surface area contributed by atoms with Crippen molar-refractivity contribution in [3.63, 3.8) is 0 Å². The van der Waals surface area contributed by atoms with Crippen LogP contribution in [0.5, 0.6) is 0 Å². The van der Waals surface area contributed by atoms with Gasteiger partial charge in [0.05, 0.1) is 11.2 Å². The molecule has 0 bridgehead atoms. The van der Waals surface area contributed by atoms with E-state index in [9.17, 15) is 4.79 Å². The van der Waals surface area contributed by atoms with Crippen molar-refractivity contribution in [1.29, 1.82) is 0 Å². The summed E-state index contributed by atoms with van der Waals surface area (Å²) in [5.74, 6) is 0.162. The monoisotopic (exact) mass is 313 g/mol. The molecule has 0 aliphatic carbocycles. The quantitative estimate of drug-likeness (QED) is 0.681. The van der Waals surface area contributed by atoms with Gasteiger partial charge in [0, 0.05) is 16.1 Å². The van der Waals surface area contributed by atoms with Crippen molar-refractivity contribution in [3.05, 3.63) is 52.9 Å². The molecule has 19 heavy (non-hydrogen) atoms. The zero-order chi connectivity index (χ0) is 13.2. The molecule has 1 aromatic carbocycles. The Morgan fingerprint density at radius 2 is 2.00 bits per heavy atom. The van der Waals surface area contributed by atoms with E-state index < -0.39 is 0 Å². The summed E-state index contributed by atoms with van der Waals surface area (Å²) in [4.78, 5) is 23.7. The van der Waals surface area contributed by atoms with Gasteiger partial charge in [0.25, 0.3) is 0 Å². The molecule has 5 heteroatoms. The van der Waals surface area contributed by atoms with E-state index in [4.69, 9.17) is 0 Å². The lowest BCUT2D eigenvalue weighted by Crippen LogP contribution is -1.98. The summed E-state index contributed by atoms with van der Waals surface area (Å²) >= 11 is 3.43. The van der Waals surface area contributed by atoms with Crippen LogP contribution in [0, 0.1) is 0 Å². The Balaban J connectivity index is 2.38. The van der Waals surface area contributed by atoms with Crippen molar-refractivity contribution >= 4 is 33.1 Å². The van der Waals surface area contributed by atoms with Gasteiger partial charge in [-0.1, -0.05) is 22.0 Å². The molecule has 2 heterocycles. The summed E-state index contributed by atoms with van der Waals surface area (Å²) in [7, 11) is 0. The van der Waals surface area contributed by atoms with E-state index in [0.717, 1.165) is 21.1 Å². The summed E-state index contributed by atoms with van der Waals surface area (Å²) in [6, 6.07) is 11.2. The lowest BCUT2D eigenvalue weighted by Gasteiger charge is -2.06. The third-order valence-electron chi connectivity index (χ3n) is 2.69. The third kappa shape index (κ3) is 2.24. The number of hydrogen-bond acceptors (Lipinski definition) is 4. The molecule has 0 fully saturated rings. The molecule has 0 N–H and O–H groups in total. The van der Waals surface area contributed by atoms with Crippen LogP contribution in [0.1, 0.15) is 10.6 Å². The summed E-state index contributed by atoms with van der Waals surface area (Å²) in [6.07, 6.45) is 2.34. The van der Waals surface area contributed by atoms with Gasteiger partial charge in [-0.15, -0.1) is 0 Å². The molecule has 0 aliphatic rings. The van der Waals surface area contributed by atoms with Crippen LogP contribution in [0.15, 0.2) is 47.1 Å². The maximum atomic E-state index is 10.9.